The molecule has 2 aromatic carbocycles. The molecule has 1 heteroatoms. The fourth-order valence-corrected chi connectivity index (χ4v) is 2.77. The topological polar surface area (TPSA) is 13.1 Å². The number of hydrogen-bond donors (Lipinski definition) is 0. The molecule has 0 saturated carbocycles. The highest BCUT2D eigenvalue weighted by Crippen LogP contribution is 2.31. The van der Waals surface area contributed by atoms with Crippen LogP contribution in [0.2, 0.25) is 0 Å². The van der Waals surface area contributed by atoms with Gasteiger partial charge in [0.2, 0.25) is 0 Å². The van der Waals surface area contributed by atoms with Gasteiger partial charge < -0.3 is 4.42 Å². The fraction of sp³-hybridized carbons (Fsp3) is 0.143. The van der Waals surface area contributed by atoms with Gasteiger partial charge in [-0.1, -0.05) is 67.6 Å². The van der Waals surface area contributed by atoms with Crippen LogP contribution in [0, 0.1) is 0 Å². The summed E-state index contributed by atoms with van der Waals surface area (Å²) >= 11 is 0. The SMILES string of the molecule is C=CCc1c(CC)coc1-c1ccc(-c2ccccc2)cc1. The first-order valence-corrected chi connectivity index (χ1v) is 7.69. The summed E-state index contributed by atoms with van der Waals surface area (Å²) in [6, 6.07) is 19.0. The molecular formula is C21H20O. The van der Waals surface area contributed by atoms with Gasteiger partial charge in [-0.3, -0.25) is 0 Å². The lowest BCUT2D eigenvalue weighted by molar-refractivity contribution is 0.577. The maximum atomic E-state index is 5.82. The number of rotatable bonds is 5. The van der Waals surface area contributed by atoms with Gasteiger partial charge in [-0.05, 0) is 29.5 Å². The van der Waals surface area contributed by atoms with Crippen LogP contribution in [0.4, 0.5) is 0 Å². The summed E-state index contributed by atoms with van der Waals surface area (Å²) in [4.78, 5) is 0. The number of allylic oxidation sites excluding steroid dienone is 1. The molecular weight excluding hydrogens is 268 g/mol. The van der Waals surface area contributed by atoms with Gasteiger partial charge >= 0.3 is 0 Å². The maximum Gasteiger partial charge on any atom is 0.137 e. The minimum Gasteiger partial charge on any atom is -0.464 e. The van der Waals surface area contributed by atoms with Gasteiger partial charge in [0.1, 0.15) is 5.76 Å². The Hall–Kier alpha value is -2.54. The molecule has 0 aliphatic carbocycles. The molecule has 22 heavy (non-hydrogen) atoms. The van der Waals surface area contributed by atoms with Crippen molar-refractivity contribution in [2.75, 3.05) is 0 Å². The van der Waals surface area contributed by atoms with Crippen molar-refractivity contribution in [3.8, 4) is 22.5 Å². The molecule has 0 unspecified atom stereocenters. The first-order chi connectivity index (χ1) is 10.8. The fourth-order valence-electron chi connectivity index (χ4n) is 2.77. The van der Waals surface area contributed by atoms with Crippen LogP contribution < -0.4 is 0 Å². The number of furan rings is 1. The molecule has 0 aliphatic heterocycles. The van der Waals surface area contributed by atoms with E-state index in [1.165, 1.54) is 22.3 Å². The predicted molar refractivity (Wildman–Crippen MR) is 92.9 cm³/mol. The lowest BCUT2D eigenvalue weighted by atomic mass is 9.99. The Kier molecular flexibility index (Phi) is 4.24. The first-order valence-electron chi connectivity index (χ1n) is 7.69. The molecule has 0 amide bonds. The summed E-state index contributed by atoms with van der Waals surface area (Å²) in [5, 5.41) is 0. The molecule has 0 N–H and O–H groups in total. The minimum absolute atomic E-state index is 0.843. The highest BCUT2D eigenvalue weighted by molar-refractivity contribution is 5.70. The van der Waals surface area contributed by atoms with Crippen molar-refractivity contribution in [3.05, 3.63) is 84.6 Å². The van der Waals surface area contributed by atoms with Crippen LogP contribution in [0.3, 0.4) is 0 Å². The average Bonchev–Trinajstić information content (AvgIpc) is 2.99. The van der Waals surface area contributed by atoms with E-state index >= 15 is 0 Å². The highest BCUT2D eigenvalue weighted by Gasteiger charge is 2.13. The van der Waals surface area contributed by atoms with Crippen LogP contribution in [0.25, 0.3) is 22.5 Å². The monoisotopic (exact) mass is 288 g/mol. The van der Waals surface area contributed by atoms with Crippen molar-refractivity contribution in [2.24, 2.45) is 0 Å². The lowest BCUT2D eigenvalue weighted by Gasteiger charge is -2.05. The molecule has 0 bridgehead atoms. The van der Waals surface area contributed by atoms with Crippen molar-refractivity contribution in [3.63, 3.8) is 0 Å². The zero-order valence-electron chi connectivity index (χ0n) is 12.9. The van der Waals surface area contributed by atoms with E-state index < -0.39 is 0 Å². The molecule has 110 valence electrons. The Morgan fingerprint density at radius 2 is 1.55 bits per heavy atom. The highest BCUT2D eigenvalue weighted by atomic mass is 16.3. The Balaban J connectivity index is 1.97. The van der Waals surface area contributed by atoms with Crippen LogP contribution in [0.5, 0.6) is 0 Å². The van der Waals surface area contributed by atoms with E-state index in [2.05, 4.69) is 62.0 Å². The Morgan fingerprint density at radius 1 is 0.909 bits per heavy atom. The van der Waals surface area contributed by atoms with E-state index in [0.29, 0.717) is 0 Å². The van der Waals surface area contributed by atoms with Crippen LogP contribution in [-0.4, -0.2) is 0 Å². The summed E-state index contributed by atoms with van der Waals surface area (Å²) in [6.45, 7) is 6.01. The Labute approximate surface area is 131 Å². The third-order valence-corrected chi connectivity index (χ3v) is 3.96. The third kappa shape index (κ3) is 2.75. The molecule has 0 spiro atoms. The van der Waals surface area contributed by atoms with E-state index in [9.17, 15) is 0 Å². The molecule has 3 rings (SSSR count). The second-order valence-electron chi connectivity index (χ2n) is 5.36. The molecule has 0 radical (unpaired) electrons. The van der Waals surface area contributed by atoms with Crippen molar-refractivity contribution >= 4 is 0 Å². The van der Waals surface area contributed by atoms with Crippen molar-refractivity contribution in [1.82, 2.24) is 0 Å². The second-order valence-corrected chi connectivity index (χ2v) is 5.36. The normalized spacial score (nSPS) is 10.6. The minimum atomic E-state index is 0.843. The number of aryl methyl sites for hydroxylation is 1. The van der Waals surface area contributed by atoms with Gasteiger partial charge in [-0.15, -0.1) is 6.58 Å². The standard InChI is InChI=1S/C21H20O/c1-3-8-20-16(4-2)15-22-21(20)19-13-11-18(12-14-19)17-9-6-5-7-10-17/h3,5-7,9-15H,1,4,8H2,2H3. The van der Waals surface area contributed by atoms with Gasteiger partial charge in [0.15, 0.2) is 0 Å². The largest absolute Gasteiger partial charge is 0.464 e. The van der Waals surface area contributed by atoms with Crippen LogP contribution in [-0.2, 0) is 12.8 Å². The summed E-state index contributed by atoms with van der Waals surface area (Å²) in [5.74, 6) is 0.969. The van der Waals surface area contributed by atoms with Gasteiger partial charge in [-0.25, -0.2) is 0 Å². The van der Waals surface area contributed by atoms with Crippen molar-refractivity contribution in [2.45, 2.75) is 19.8 Å². The van der Waals surface area contributed by atoms with E-state index in [0.717, 1.165) is 24.2 Å². The summed E-state index contributed by atoms with van der Waals surface area (Å²) in [5.41, 5.74) is 6.09. The van der Waals surface area contributed by atoms with Gasteiger partial charge in [0.25, 0.3) is 0 Å². The van der Waals surface area contributed by atoms with Gasteiger partial charge in [0.05, 0.1) is 6.26 Å². The number of hydrogen-bond acceptors (Lipinski definition) is 1. The Morgan fingerprint density at radius 3 is 2.18 bits per heavy atom. The van der Waals surface area contributed by atoms with Crippen LogP contribution in [0.15, 0.2) is 77.9 Å². The molecule has 1 nitrogen and oxygen atoms in total. The summed E-state index contributed by atoms with van der Waals surface area (Å²) in [6.07, 6.45) is 5.63. The summed E-state index contributed by atoms with van der Waals surface area (Å²) < 4.78 is 5.82. The quantitative estimate of drug-likeness (QED) is 0.532. The molecule has 0 saturated heterocycles. The van der Waals surface area contributed by atoms with Gasteiger partial charge in [-0.2, -0.15) is 0 Å². The molecule has 3 aromatic rings. The molecule has 1 heterocycles. The first kappa shape index (κ1) is 14.4. The Bertz CT molecular complexity index is 748. The van der Waals surface area contributed by atoms with Crippen molar-refractivity contribution in [1.29, 1.82) is 0 Å². The maximum absolute atomic E-state index is 5.82. The smallest absolute Gasteiger partial charge is 0.137 e. The molecule has 0 atom stereocenters. The van der Waals surface area contributed by atoms with Crippen LogP contribution in [0.1, 0.15) is 18.1 Å². The van der Waals surface area contributed by atoms with Crippen molar-refractivity contribution < 1.29 is 4.42 Å². The van der Waals surface area contributed by atoms with E-state index in [4.69, 9.17) is 4.42 Å². The zero-order valence-corrected chi connectivity index (χ0v) is 12.9. The predicted octanol–water partition coefficient (Wildman–Crippen LogP) is 5.90. The molecule has 0 fully saturated rings. The van der Waals surface area contributed by atoms with E-state index in [1.54, 1.807) is 0 Å². The molecule has 0 aliphatic rings. The van der Waals surface area contributed by atoms with Gasteiger partial charge in [0, 0.05) is 11.1 Å². The van der Waals surface area contributed by atoms with E-state index in [-0.39, 0.29) is 0 Å². The van der Waals surface area contributed by atoms with Crippen LogP contribution >= 0.6 is 0 Å². The second kappa shape index (κ2) is 6.48. The third-order valence-electron chi connectivity index (χ3n) is 3.96. The number of benzene rings is 2. The molecule has 1 aromatic heterocycles. The zero-order chi connectivity index (χ0) is 15.4. The van der Waals surface area contributed by atoms with E-state index in [1.807, 2.05) is 18.4 Å². The lowest BCUT2D eigenvalue weighted by Crippen LogP contribution is -1.89. The summed E-state index contributed by atoms with van der Waals surface area (Å²) in [7, 11) is 0. The average molecular weight is 288 g/mol.